The average Bonchev–Trinajstić information content (AvgIpc) is 3.16. The molecule has 0 radical (unpaired) electrons. The SMILES string of the molecule is COc1ccc(C(=O)Oc2c(S(=O)(=O)c3ccc(C)cc3)c(C)nn2-c2ccccc2)cc1. The van der Waals surface area contributed by atoms with E-state index in [1.54, 1.807) is 67.6 Å². The van der Waals surface area contributed by atoms with Crippen molar-refractivity contribution >= 4 is 15.8 Å². The Kier molecular flexibility index (Phi) is 6.02. The highest BCUT2D eigenvalue weighted by atomic mass is 32.2. The number of esters is 1. The van der Waals surface area contributed by atoms with Gasteiger partial charge in [0, 0.05) is 0 Å². The van der Waals surface area contributed by atoms with E-state index in [1.165, 1.54) is 23.9 Å². The van der Waals surface area contributed by atoms with Crippen LogP contribution in [0.1, 0.15) is 21.6 Å². The molecule has 0 unspecified atom stereocenters. The van der Waals surface area contributed by atoms with E-state index in [9.17, 15) is 13.2 Å². The highest BCUT2D eigenvalue weighted by molar-refractivity contribution is 7.91. The lowest BCUT2D eigenvalue weighted by Gasteiger charge is -2.11. The minimum Gasteiger partial charge on any atom is -0.497 e. The summed E-state index contributed by atoms with van der Waals surface area (Å²) < 4.78 is 39.3. The number of ether oxygens (including phenoxy) is 2. The number of sulfone groups is 1. The molecular weight excluding hydrogens is 440 g/mol. The molecule has 0 N–H and O–H groups in total. The number of carbonyl (C=O) groups excluding carboxylic acids is 1. The standard InChI is InChI=1S/C25H22N2O5S/c1-17-9-15-22(16-10-17)33(29,30)23-18(2)26-27(20-7-5-4-6-8-20)24(23)32-25(28)19-11-13-21(31-3)14-12-19/h4-16H,1-3H3. The van der Waals surface area contributed by atoms with E-state index in [0.29, 0.717) is 11.4 Å². The first-order chi connectivity index (χ1) is 15.8. The predicted octanol–water partition coefficient (Wildman–Crippen LogP) is 4.55. The van der Waals surface area contributed by atoms with Crippen LogP contribution in [0.3, 0.4) is 0 Å². The zero-order valence-corrected chi connectivity index (χ0v) is 19.2. The maximum absolute atomic E-state index is 13.6. The van der Waals surface area contributed by atoms with Crippen molar-refractivity contribution < 1.29 is 22.7 Å². The van der Waals surface area contributed by atoms with Crippen molar-refractivity contribution in [2.45, 2.75) is 23.6 Å². The molecule has 1 aromatic heterocycles. The Morgan fingerprint density at radius 1 is 0.879 bits per heavy atom. The van der Waals surface area contributed by atoms with Crippen molar-refractivity contribution in [3.05, 3.63) is 95.7 Å². The van der Waals surface area contributed by atoms with Gasteiger partial charge < -0.3 is 9.47 Å². The third-order valence-electron chi connectivity index (χ3n) is 5.08. The summed E-state index contributed by atoms with van der Waals surface area (Å²) in [5.41, 5.74) is 1.95. The first kappa shape index (κ1) is 22.3. The van der Waals surface area contributed by atoms with E-state index in [-0.39, 0.29) is 26.9 Å². The predicted molar refractivity (Wildman–Crippen MR) is 123 cm³/mol. The van der Waals surface area contributed by atoms with Gasteiger partial charge in [-0.25, -0.2) is 13.2 Å². The fourth-order valence-electron chi connectivity index (χ4n) is 3.34. The van der Waals surface area contributed by atoms with Crippen LogP contribution in [-0.4, -0.2) is 31.3 Å². The molecule has 1 heterocycles. The lowest BCUT2D eigenvalue weighted by Crippen LogP contribution is -2.14. The van der Waals surface area contributed by atoms with Gasteiger partial charge in [-0.1, -0.05) is 35.9 Å². The van der Waals surface area contributed by atoms with Crippen molar-refractivity contribution in [3.63, 3.8) is 0 Å². The second-order valence-electron chi connectivity index (χ2n) is 7.40. The number of hydrogen-bond donors (Lipinski definition) is 0. The van der Waals surface area contributed by atoms with Gasteiger partial charge in [-0.05, 0) is 62.4 Å². The number of aryl methyl sites for hydroxylation is 2. The zero-order valence-electron chi connectivity index (χ0n) is 18.3. The molecule has 0 spiro atoms. The van der Waals surface area contributed by atoms with E-state index in [4.69, 9.17) is 9.47 Å². The summed E-state index contributed by atoms with van der Waals surface area (Å²) in [5, 5.41) is 4.40. The minimum absolute atomic E-state index is 0.0885. The minimum atomic E-state index is -4.02. The lowest BCUT2D eigenvalue weighted by atomic mass is 10.2. The summed E-state index contributed by atoms with van der Waals surface area (Å²) in [7, 11) is -2.50. The molecule has 0 bridgehead atoms. The fourth-order valence-corrected chi connectivity index (χ4v) is 4.86. The lowest BCUT2D eigenvalue weighted by molar-refractivity contribution is 0.0718. The Labute approximate surface area is 192 Å². The topological polar surface area (TPSA) is 87.5 Å². The van der Waals surface area contributed by atoms with Crippen LogP contribution in [0.4, 0.5) is 0 Å². The molecule has 0 aliphatic heterocycles. The normalized spacial score (nSPS) is 11.2. The molecule has 0 saturated heterocycles. The molecule has 33 heavy (non-hydrogen) atoms. The van der Waals surface area contributed by atoms with E-state index >= 15 is 0 Å². The molecular formula is C25H22N2O5S. The Morgan fingerprint density at radius 3 is 2.12 bits per heavy atom. The molecule has 0 atom stereocenters. The number of para-hydroxylation sites is 1. The summed E-state index contributed by atoms with van der Waals surface area (Å²) in [6, 6.07) is 21.7. The summed E-state index contributed by atoms with van der Waals surface area (Å²) >= 11 is 0. The van der Waals surface area contributed by atoms with Crippen LogP contribution in [-0.2, 0) is 9.84 Å². The molecule has 7 nitrogen and oxygen atoms in total. The van der Waals surface area contributed by atoms with Gasteiger partial charge in [0.25, 0.3) is 0 Å². The van der Waals surface area contributed by atoms with Crippen LogP contribution in [0.2, 0.25) is 0 Å². The van der Waals surface area contributed by atoms with Gasteiger partial charge in [0.1, 0.15) is 5.75 Å². The first-order valence-corrected chi connectivity index (χ1v) is 11.6. The molecule has 4 aromatic rings. The average molecular weight is 463 g/mol. The van der Waals surface area contributed by atoms with Crippen molar-refractivity contribution in [2.24, 2.45) is 0 Å². The maximum atomic E-state index is 13.6. The van der Waals surface area contributed by atoms with Gasteiger partial charge >= 0.3 is 5.97 Å². The van der Waals surface area contributed by atoms with E-state index < -0.39 is 15.8 Å². The second-order valence-corrected chi connectivity index (χ2v) is 9.29. The van der Waals surface area contributed by atoms with Crippen molar-refractivity contribution in [3.8, 4) is 17.3 Å². The Morgan fingerprint density at radius 2 is 1.52 bits per heavy atom. The quantitative estimate of drug-likeness (QED) is 0.391. The van der Waals surface area contributed by atoms with Gasteiger partial charge in [-0.2, -0.15) is 9.78 Å². The second kappa shape index (κ2) is 8.91. The highest BCUT2D eigenvalue weighted by Gasteiger charge is 2.32. The van der Waals surface area contributed by atoms with Crippen LogP contribution < -0.4 is 9.47 Å². The van der Waals surface area contributed by atoms with Gasteiger partial charge in [0.2, 0.25) is 15.7 Å². The van der Waals surface area contributed by atoms with Gasteiger partial charge in [0.05, 0.1) is 29.0 Å². The van der Waals surface area contributed by atoms with Gasteiger partial charge in [-0.15, -0.1) is 0 Å². The highest BCUT2D eigenvalue weighted by Crippen LogP contribution is 2.35. The monoisotopic (exact) mass is 462 g/mol. The van der Waals surface area contributed by atoms with Crippen LogP contribution in [0.5, 0.6) is 11.6 Å². The number of benzene rings is 3. The molecule has 0 saturated carbocycles. The third-order valence-corrected chi connectivity index (χ3v) is 6.98. The van der Waals surface area contributed by atoms with Crippen LogP contribution >= 0.6 is 0 Å². The van der Waals surface area contributed by atoms with E-state index in [0.717, 1.165) is 5.56 Å². The molecule has 0 aliphatic carbocycles. The van der Waals surface area contributed by atoms with E-state index in [2.05, 4.69) is 5.10 Å². The smallest absolute Gasteiger partial charge is 0.344 e. The number of aromatic nitrogens is 2. The zero-order chi connectivity index (χ0) is 23.6. The molecule has 168 valence electrons. The molecule has 3 aromatic carbocycles. The first-order valence-electron chi connectivity index (χ1n) is 10.1. The molecule has 8 heteroatoms. The van der Waals surface area contributed by atoms with Crippen molar-refractivity contribution in [2.75, 3.05) is 7.11 Å². The largest absolute Gasteiger partial charge is 0.497 e. The van der Waals surface area contributed by atoms with Crippen molar-refractivity contribution in [1.82, 2.24) is 9.78 Å². The summed E-state index contributed by atoms with van der Waals surface area (Å²) in [6.07, 6.45) is 0. The fraction of sp³-hybridized carbons (Fsp3) is 0.120. The van der Waals surface area contributed by atoms with Crippen LogP contribution in [0.15, 0.2) is 88.7 Å². The summed E-state index contributed by atoms with van der Waals surface area (Å²) in [4.78, 5) is 12.9. The van der Waals surface area contributed by atoms with Crippen LogP contribution in [0, 0.1) is 13.8 Å². The number of rotatable bonds is 6. The molecule has 0 amide bonds. The summed E-state index contributed by atoms with van der Waals surface area (Å²) in [5.74, 6) is -0.297. The number of hydrogen-bond acceptors (Lipinski definition) is 6. The van der Waals surface area contributed by atoms with Crippen LogP contribution in [0.25, 0.3) is 5.69 Å². The Bertz CT molecular complexity index is 1390. The van der Waals surface area contributed by atoms with Gasteiger partial charge in [0.15, 0.2) is 4.90 Å². The number of carbonyl (C=O) groups is 1. The number of methoxy groups -OCH3 is 1. The third kappa shape index (κ3) is 4.38. The Balaban J connectivity index is 1.85. The molecule has 0 aliphatic rings. The maximum Gasteiger partial charge on any atom is 0.344 e. The Hall–Kier alpha value is -3.91. The summed E-state index contributed by atoms with van der Waals surface area (Å²) in [6.45, 7) is 3.45. The van der Waals surface area contributed by atoms with Crippen molar-refractivity contribution in [1.29, 1.82) is 0 Å². The van der Waals surface area contributed by atoms with Gasteiger partial charge in [-0.3, -0.25) is 0 Å². The van der Waals surface area contributed by atoms with E-state index in [1.807, 2.05) is 13.0 Å². The number of nitrogens with zero attached hydrogens (tertiary/aromatic N) is 2. The molecule has 4 rings (SSSR count). The molecule has 0 fully saturated rings.